The first-order valence-electron chi connectivity index (χ1n) is 21.7. The molecule has 0 aliphatic heterocycles. The van der Waals surface area contributed by atoms with Crippen LogP contribution < -0.4 is 19.1 Å². The third kappa shape index (κ3) is 12.0. The van der Waals surface area contributed by atoms with E-state index >= 15 is 0 Å². The van der Waals surface area contributed by atoms with E-state index in [4.69, 9.17) is 29.2 Å². The predicted molar refractivity (Wildman–Crippen MR) is 254 cm³/mol. The van der Waals surface area contributed by atoms with Gasteiger partial charge in [0.2, 0.25) is 0 Å². The van der Waals surface area contributed by atoms with E-state index in [2.05, 4.69) is 30.9 Å². The molecule has 0 heterocycles. The maximum Gasteiger partial charge on any atom is 0.344 e. The summed E-state index contributed by atoms with van der Waals surface area (Å²) in [6.45, 7) is 4.50. The van der Waals surface area contributed by atoms with Crippen molar-refractivity contribution in [1.82, 2.24) is 0 Å². The van der Waals surface area contributed by atoms with E-state index in [1.807, 2.05) is 115 Å². The van der Waals surface area contributed by atoms with Crippen LogP contribution in [0.3, 0.4) is 0 Å². The second kappa shape index (κ2) is 21.3. The Morgan fingerprint density at radius 2 is 0.925 bits per heavy atom. The third-order valence-electron chi connectivity index (χ3n) is 11.4. The Balaban J connectivity index is 0.822. The van der Waals surface area contributed by atoms with Crippen LogP contribution in [-0.4, -0.2) is 22.3 Å². The number of benzene rings is 8. The zero-order valence-electron chi connectivity index (χ0n) is 37.0. The summed E-state index contributed by atoms with van der Waals surface area (Å²) in [6, 6.07) is 60.2. The zero-order chi connectivity index (χ0) is 46.6. The lowest BCUT2D eigenvalue weighted by Gasteiger charge is -2.26. The van der Waals surface area contributed by atoms with Gasteiger partial charge >= 0.3 is 11.9 Å². The smallest absolute Gasteiger partial charge is 0.344 e. The lowest BCUT2D eigenvalue weighted by atomic mass is 9.78. The van der Waals surface area contributed by atoms with E-state index in [-0.39, 0.29) is 35.5 Å². The van der Waals surface area contributed by atoms with Gasteiger partial charge in [0.05, 0.1) is 11.1 Å². The molecule has 0 aliphatic carbocycles. The molecule has 10 nitrogen and oxygen atoms in total. The molecule has 0 fully saturated rings. The lowest BCUT2D eigenvalue weighted by molar-refractivity contribution is -0.253. The Bertz CT molecular complexity index is 2900. The first-order chi connectivity index (χ1) is 32.6. The summed E-state index contributed by atoms with van der Waals surface area (Å²) in [6.07, 6.45) is 1.31. The minimum atomic E-state index is -1.21. The molecule has 0 aromatic heterocycles. The normalized spacial score (nSPS) is 11.1. The van der Waals surface area contributed by atoms with E-state index < -0.39 is 11.9 Å². The van der Waals surface area contributed by atoms with Crippen LogP contribution in [0.15, 0.2) is 194 Å². The number of rotatable bonds is 19. The van der Waals surface area contributed by atoms with Gasteiger partial charge in [-0.3, -0.25) is 5.26 Å². The van der Waals surface area contributed by atoms with Crippen LogP contribution in [0.2, 0.25) is 0 Å². The number of esters is 1. The van der Waals surface area contributed by atoms with Gasteiger partial charge in [-0.25, -0.2) is 14.5 Å². The van der Waals surface area contributed by atoms with Crippen molar-refractivity contribution < 1.29 is 48.8 Å². The van der Waals surface area contributed by atoms with Gasteiger partial charge in [0.25, 0.3) is 0 Å². The van der Waals surface area contributed by atoms with Gasteiger partial charge in [-0.05, 0) is 142 Å². The third-order valence-corrected chi connectivity index (χ3v) is 11.4. The highest BCUT2D eigenvalue weighted by molar-refractivity contribution is 6.03. The molecule has 2 N–H and O–H groups in total. The Labute approximate surface area is 389 Å². The van der Waals surface area contributed by atoms with E-state index in [0.717, 1.165) is 45.4 Å². The first-order valence-corrected chi connectivity index (χ1v) is 21.7. The Morgan fingerprint density at radius 3 is 1.43 bits per heavy atom. The van der Waals surface area contributed by atoms with Crippen molar-refractivity contribution in [1.29, 1.82) is 0 Å². The van der Waals surface area contributed by atoms with Crippen LogP contribution in [0.1, 0.15) is 79.1 Å². The maximum atomic E-state index is 13.2. The Morgan fingerprint density at radius 1 is 0.463 bits per heavy atom. The molecule has 0 amide bonds. The summed E-state index contributed by atoms with van der Waals surface area (Å²) >= 11 is 0. The highest BCUT2D eigenvalue weighted by atomic mass is 17.2. The highest BCUT2D eigenvalue weighted by Gasteiger charge is 2.24. The summed E-state index contributed by atoms with van der Waals surface area (Å²) in [5.41, 5.74) is 7.48. The summed E-state index contributed by atoms with van der Waals surface area (Å²) in [5.74, 6) is 1.27. The molecule has 336 valence electrons. The Kier molecular flexibility index (Phi) is 14.5. The molecule has 0 atom stereocenters. The van der Waals surface area contributed by atoms with Crippen LogP contribution in [0.25, 0.3) is 0 Å². The first kappa shape index (κ1) is 45.5. The van der Waals surface area contributed by atoms with Gasteiger partial charge in [0.1, 0.15) is 42.0 Å². The molecular weight excluding hydrogens is 845 g/mol. The van der Waals surface area contributed by atoms with Crippen LogP contribution >= 0.6 is 0 Å². The van der Waals surface area contributed by atoms with Crippen molar-refractivity contribution in [2.24, 2.45) is 0 Å². The molecule has 0 saturated carbocycles. The van der Waals surface area contributed by atoms with E-state index in [1.165, 1.54) is 11.6 Å². The van der Waals surface area contributed by atoms with Crippen molar-refractivity contribution in [2.75, 3.05) is 0 Å². The fraction of sp³-hybridized carbons (Fsp3) is 0.123. The van der Waals surface area contributed by atoms with Gasteiger partial charge in [0.15, 0.2) is 5.75 Å². The van der Waals surface area contributed by atoms with Crippen LogP contribution in [-0.2, 0) is 41.2 Å². The zero-order valence-corrected chi connectivity index (χ0v) is 37.0. The molecule has 10 heteroatoms. The molecule has 0 aliphatic rings. The fourth-order valence-corrected chi connectivity index (χ4v) is 7.63. The Hall–Kier alpha value is -8.02. The van der Waals surface area contributed by atoms with Crippen LogP contribution in [0, 0.1) is 0 Å². The van der Waals surface area contributed by atoms with Gasteiger partial charge in [-0.2, -0.15) is 4.89 Å². The lowest BCUT2D eigenvalue weighted by Crippen LogP contribution is -2.18. The number of hydrogen-bond donors (Lipinski definition) is 2. The second-order valence-corrected chi connectivity index (χ2v) is 16.4. The maximum absolute atomic E-state index is 13.2. The van der Waals surface area contributed by atoms with E-state index in [1.54, 1.807) is 60.7 Å². The summed E-state index contributed by atoms with van der Waals surface area (Å²) in [5, 5.41) is 18.9. The minimum Gasteiger partial charge on any atom is -0.478 e. The minimum absolute atomic E-state index is 0.0192. The SMILES string of the molecule is CC(C)(c1ccc(Oc2ccc(OOCc3cc(Cc4ccccc4)ccc3COO)cc2)cc1)c1ccc(Oc2ccc(OC(=O)c3cc(Cc4ccccc4)ccc3C(=O)O)cc2)cc1. The van der Waals surface area contributed by atoms with Crippen molar-refractivity contribution >= 4 is 11.9 Å². The number of carbonyl (C=O) groups excluding carboxylic acids is 1. The largest absolute Gasteiger partial charge is 0.478 e. The van der Waals surface area contributed by atoms with Crippen molar-refractivity contribution in [3.05, 3.63) is 250 Å². The molecule has 0 unspecified atom stereocenters. The van der Waals surface area contributed by atoms with Gasteiger partial charge < -0.3 is 24.2 Å². The van der Waals surface area contributed by atoms with Gasteiger partial charge in [0, 0.05) is 5.41 Å². The highest BCUT2D eigenvalue weighted by Crippen LogP contribution is 2.35. The van der Waals surface area contributed by atoms with Gasteiger partial charge in [-0.1, -0.05) is 123 Å². The molecule has 8 aromatic rings. The quantitative estimate of drug-likeness (QED) is 0.0350. The molecule has 8 rings (SSSR count). The standard InChI is InChI=1S/C57H48O10/c1-57(2,45-16-20-47(21-17-45)64-49-24-26-51(27-25-49)66-56(60)54-36-42(14-32-53(54)55(58)59)34-40-11-7-4-8-12-40)46-18-22-48(23-19-46)65-50-28-30-52(31-29-50)67-63-38-44-35-41(13-15-43(44)37-62-61)33-39-9-5-3-6-10-39/h3-32,35-36,61H,33-34,37-38H2,1-2H3,(H,58,59). The monoisotopic (exact) mass is 892 g/mol. The van der Waals surface area contributed by atoms with Crippen molar-refractivity contribution in [2.45, 2.75) is 45.3 Å². The molecule has 0 spiro atoms. The number of aromatic carboxylic acids is 1. The summed E-state index contributed by atoms with van der Waals surface area (Å²) < 4.78 is 17.9. The molecule has 0 radical (unpaired) electrons. The average molecular weight is 893 g/mol. The van der Waals surface area contributed by atoms with Gasteiger partial charge in [-0.15, -0.1) is 0 Å². The van der Waals surface area contributed by atoms with E-state index in [0.29, 0.717) is 35.2 Å². The van der Waals surface area contributed by atoms with Crippen molar-refractivity contribution in [3.8, 4) is 34.5 Å². The second-order valence-electron chi connectivity index (χ2n) is 16.4. The molecule has 0 saturated heterocycles. The topological polar surface area (TPSA) is 130 Å². The summed E-state index contributed by atoms with van der Waals surface area (Å²) in [4.78, 5) is 40.8. The number of ether oxygens (including phenoxy) is 3. The average Bonchev–Trinajstić information content (AvgIpc) is 3.34. The summed E-state index contributed by atoms with van der Waals surface area (Å²) in [7, 11) is 0. The van der Waals surface area contributed by atoms with Crippen LogP contribution in [0.5, 0.6) is 34.5 Å². The molecule has 67 heavy (non-hydrogen) atoms. The van der Waals surface area contributed by atoms with E-state index in [9.17, 15) is 14.7 Å². The molecule has 8 aromatic carbocycles. The van der Waals surface area contributed by atoms with Crippen molar-refractivity contribution in [3.63, 3.8) is 0 Å². The van der Waals surface area contributed by atoms with Crippen LogP contribution in [0.4, 0.5) is 0 Å². The molecular formula is C57H48O10. The predicted octanol–water partition coefficient (Wildman–Crippen LogP) is 13.2. The number of hydrogen-bond acceptors (Lipinski definition) is 9. The number of carboxylic acid groups (broad SMARTS) is 1. The fourth-order valence-electron chi connectivity index (χ4n) is 7.63. The number of carboxylic acids is 1. The number of carbonyl (C=O) groups is 2. The molecule has 0 bridgehead atoms.